The van der Waals surface area contributed by atoms with Crippen LogP contribution in [-0.2, 0) is 6.54 Å². The Kier molecular flexibility index (Phi) is 3.77. The molecule has 0 unspecified atom stereocenters. The van der Waals surface area contributed by atoms with E-state index in [0.29, 0.717) is 30.0 Å². The summed E-state index contributed by atoms with van der Waals surface area (Å²) < 4.78 is 5.37. The largest absolute Gasteiger partial charge is 0.337 e. The summed E-state index contributed by atoms with van der Waals surface area (Å²) in [6.45, 7) is 1.62. The molecule has 0 spiro atoms. The Balaban J connectivity index is 1.51. The minimum Gasteiger partial charge on any atom is -0.337 e. The van der Waals surface area contributed by atoms with E-state index in [-0.39, 0.29) is 0 Å². The van der Waals surface area contributed by atoms with Gasteiger partial charge < -0.3 is 4.52 Å². The molecule has 0 amide bonds. The van der Waals surface area contributed by atoms with Crippen LogP contribution >= 0.6 is 0 Å². The molecule has 4 heterocycles. The highest BCUT2D eigenvalue weighted by atomic mass is 16.5. The summed E-state index contributed by atoms with van der Waals surface area (Å²) in [6, 6.07) is 6.34. The van der Waals surface area contributed by atoms with Crippen LogP contribution in [0.1, 0.15) is 30.5 Å². The molecule has 116 valence electrons. The first-order valence-electron chi connectivity index (χ1n) is 7.64. The average Bonchev–Trinajstić information content (AvgIpc) is 3.26. The van der Waals surface area contributed by atoms with E-state index in [4.69, 9.17) is 4.52 Å². The predicted molar refractivity (Wildman–Crippen MR) is 81.9 cm³/mol. The maximum absolute atomic E-state index is 5.37. The minimum absolute atomic E-state index is 0.308. The fourth-order valence-corrected chi connectivity index (χ4v) is 2.93. The van der Waals surface area contributed by atoms with Crippen molar-refractivity contribution in [2.45, 2.75) is 25.4 Å². The SMILES string of the molecule is c1ccc([C@H]2CCCN2Cc2nc(-c3cnccn3)no2)nc1. The second kappa shape index (κ2) is 6.21. The summed E-state index contributed by atoms with van der Waals surface area (Å²) >= 11 is 0. The standard InChI is InChI=1S/C16H16N6O/c1-2-6-18-12(4-1)14-5-3-9-22(14)11-15-20-16(21-23-15)13-10-17-7-8-19-13/h1-2,4,6-8,10,14H,3,5,9,11H2/t14-/m1/s1. The molecule has 3 aromatic rings. The molecule has 1 fully saturated rings. The molecule has 0 radical (unpaired) electrons. The van der Waals surface area contributed by atoms with Crippen molar-refractivity contribution in [2.24, 2.45) is 0 Å². The van der Waals surface area contributed by atoms with Gasteiger partial charge in [-0.1, -0.05) is 11.2 Å². The van der Waals surface area contributed by atoms with Crippen molar-refractivity contribution in [2.75, 3.05) is 6.54 Å². The van der Waals surface area contributed by atoms with Gasteiger partial charge in [-0.2, -0.15) is 4.98 Å². The van der Waals surface area contributed by atoms with E-state index in [9.17, 15) is 0 Å². The monoisotopic (exact) mass is 308 g/mol. The van der Waals surface area contributed by atoms with E-state index in [2.05, 4.69) is 36.1 Å². The Bertz CT molecular complexity index is 761. The molecule has 3 aromatic heterocycles. The molecule has 0 N–H and O–H groups in total. The van der Waals surface area contributed by atoms with Crippen LogP contribution in [0.15, 0.2) is 47.5 Å². The van der Waals surface area contributed by atoms with Crippen molar-refractivity contribution < 1.29 is 4.52 Å². The molecule has 4 rings (SSSR count). The Morgan fingerprint density at radius 1 is 1.17 bits per heavy atom. The van der Waals surface area contributed by atoms with Crippen LogP contribution < -0.4 is 0 Å². The van der Waals surface area contributed by atoms with Crippen molar-refractivity contribution in [1.82, 2.24) is 30.0 Å². The summed E-state index contributed by atoms with van der Waals surface area (Å²) in [5, 5.41) is 4.00. The summed E-state index contributed by atoms with van der Waals surface area (Å²) in [4.78, 5) is 19.4. The lowest BCUT2D eigenvalue weighted by atomic mass is 10.1. The highest BCUT2D eigenvalue weighted by Gasteiger charge is 2.28. The fraction of sp³-hybridized carbons (Fsp3) is 0.312. The lowest BCUT2D eigenvalue weighted by molar-refractivity contribution is 0.209. The third-order valence-corrected chi connectivity index (χ3v) is 3.99. The van der Waals surface area contributed by atoms with Crippen molar-refractivity contribution in [3.63, 3.8) is 0 Å². The zero-order chi connectivity index (χ0) is 15.5. The zero-order valence-electron chi connectivity index (χ0n) is 12.5. The molecule has 1 aliphatic rings. The van der Waals surface area contributed by atoms with Gasteiger partial charge in [-0.15, -0.1) is 0 Å². The van der Waals surface area contributed by atoms with Crippen LogP contribution in [-0.4, -0.2) is 36.5 Å². The van der Waals surface area contributed by atoms with E-state index in [1.165, 1.54) is 0 Å². The van der Waals surface area contributed by atoms with Gasteiger partial charge in [-0.3, -0.25) is 14.9 Å². The van der Waals surface area contributed by atoms with Gasteiger partial charge in [0.2, 0.25) is 11.7 Å². The van der Waals surface area contributed by atoms with Gasteiger partial charge in [0.05, 0.1) is 24.5 Å². The number of hydrogen-bond acceptors (Lipinski definition) is 7. The Morgan fingerprint density at radius 2 is 2.17 bits per heavy atom. The summed E-state index contributed by atoms with van der Waals surface area (Å²) in [5.74, 6) is 1.06. The zero-order valence-corrected chi connectivity index (χ0v) is 12.5. The van der Waals surface area contributed by atoms with Gasteiger partial charge in [-0.25, -0.2) is 4.98 Å². The van der Waals surface area contributed by atoms with Crippen molar-refractivity contribution in [1.29, 1.82) is 0 Å². The van der Waals surface area contributed by atoms with Crippen LogP contribution in [0.2, 0.25) is 0 Å². The van der Waals surface area contributed by atoms with Gasteiger partial charge in [0.25, 0.3) is 0 Å². The fourth-order valence-electron chi connectivity index (χ4n) is 2.93. The normalized spacial score (nSPS) is 18.3. The summed E-state index contributed by atoms with van der Waals surface area (Å²) in [7, 11) is 0. The van der Waals surface area contributed by atoms with Gasteiger partial charge in [0.1, 0.15) is 5.69 Å². The van der Waals surface area contributed by atoms with E-state index in [1.807, 2.05) is 18.3 Å². The van der Waals surface area contributed by atoms with E-state index < -0.39 is 0 Å². The van der Waals surface area contributed by atoms with Crippen molar-refractivity contribution >= 4 is 0 Å². The van der Waals surface area contributed by atoms with Crippen LogP contribution in [0.4, 0.5) is 0 Å². The quantitative estimate of drug-likeness (QED) is 0.731. The molecular weight excluding hydrogens is 292 g/mol. The van der Waals surface area contributed by atoms with Gasteiger partial charge in [0.15, 0.2) is 0 Å². The predicted octanol–water partition coefficient (Wildman–Crippen LogP) is 2.26. The average molecular weight is 308 g/mol. The number of likely N-dealkylation sites (tertiary alicyclic amines) is 1. The molecule has 0 aromatic carbocycles. The molecule has 0 saturated carbocycles. The second-order valence-electron chi connectivity index (χ2n) is 5.49. The third-order valence-electron chi connectivity index (χ3n) is 3.99. The topological polar surface area (TPSA) is 80.8 Å². The van der Waals surface area contributed by atoms with E-state index in [0.717, 1.165) is 25.1 Å². The summed E-state index contributed by atoms with van der Waals surface area (Å²) in [6.07, 6.45) is 8.94. The first-order chi connectivity index (χ1) is 11.4. The lowest BCUT2D eigenvalue weighted by Gasteiger charge is -2.21. The molecule has 0 aliphatic carbocycles. The van der Waals surface area contributed by atoms with E-state index >= 15 is 0 Å². The Hall–Kier alpha value is -2.67. The molecule has 1 atom stereocenters. The van der Waals surface area contributed by atoms with Crippen LogP contribution in [0, 0.1) is 0 Å². The maximum atomic E-state index is 5.37. The first-order valence-corrected chi connectivity index (χ1v) is 7.64. The molecule has 1 saturated heterocycles. The molecular formula is C16H16N6O. The van der Waals surface area contributed by atoms with Gasteiger partial charge in [0, 0.05) is 18.6 Å². The third kappa shape index (κ3) is 2.95. The smallest absolute Gasteiger partial charge is 0.241 e. The highest BCUT2D eigenvalue weighted by molar-refractivity contribution is 5.45. The molecule has 0 bridgehead atoms. The lowest BCUT2D eigenvalue weighted by Crippen LogP contribution is -2.23. The molecule has 1 aliphatic heterocycles. The number of aromatic nitrogens is 5. The highest BCUT2D eigenvalue weighted by Crippen LogP contribution is 2.31. The van der Waals surface area contributed by atoms with Crippen LogP contribution in [0.3, 0.4) is 0 Å². The maximum Gasteiger partial charge on any atom is 0.241 e. The molecule has 23 heavy (non-hydrogen) atoms. The number of hydrogen-bond donors (Lipinski definition) is 0. The second-order valence-corrected chi connectivity index (χ2v) is 5.49. The van der Waals surface area contributed by atoms with Crippen molar-refractivity contribution in [3.05, 3.63) is 54.6 Å². The van der Waals surface area contributed by atoms with Crippen LogP contribution in [0.25, 0.3) is 11.5 Å². The molecule has 7 nitrogen and oxygen atoms in total. The van der Waals surface area contributed by atoms with E-state index in [1.54, 1.807) is 18.6 Å². The molecule has 7 heteroatoms. The number of pyridine rings is 1. The van der Waals surface area contributed by atoms with Crippen LogP contribution in [0.5, 0.6) is 0 Å². The number of nitrogens with zero attached hydrogens (tertiary/aromatic N) is 6. The van der Waals surface area contributed by atoms with Crippen molar-refractivity contribution in [3.8, 4) is 11.5 Å². The summed E-state index contributed by atoms with van der Waals surface area (Å²) in [5.41, 5.74) is 1.71. The Morgan fingerprint density at radius 3 is 3.00 bits per heavy atom. The van der Waals surface area contributed by atoms with Gasteiger partial charge in [-0.05, 0) is 31.5 Å². The minimum atomic E-state index is 0.308. The first kappa shape index (κ1) is 14.0. The Labute approximate surface area is 133 Å². The number of rotatable bonds is 4. The van der Waals surface area contributed by atoms with Gasteiger partial charge >= 0.3 is 0 Å².